The second-order valence-electron chi connectivity index (χ2n) is 3.55. The Bertz CT molecular complexity index is 423. The van der Waals surface area contributed by atoms with Crippen molar-refractivity contribution in [3.05, 3.63) is 38.8 Å². The third-order valence-electron chi connectivity index (χ3n) is 2.32. The van der Waals surface area contributed by atoms with Crippen molar-refractivity contribution < 1.29 is 0 Å². The number of aromatic nitrogens is 2. The maximum atomic E-state index is 4.46. The average Bonchev–Trinajstić information content (AvgIpc) is 2.84. The summed E-state index contributed by atoms with van der Waals surface area (Å²) in [6, 6.07) is 6.47. The van der Waals surface area contributed by atoms with Crippen LogP contribution in [0.15, 0.2) is 28.2 Å². The molecule has 0 fully saturated rings. The van der Waals surface area contributed by atoms with Gasteiger partial charge in [-0.25, -0.2) is 0 Å². The number of thiophene rings is 1. The quantitative estimate of drug-likeness (QED) is 0.941. The van der Waals surface area contributed by atoms with E-state index in [0.717, 1.165) is 16.0 Å². The molecule has 2 rings (SSSR count). The van der Waals surface area contributed by atoms with Gasteiger partial charge in [0.05, 0.1) is 15.5 Å². The van der Waals surface area contributed by atoms with E-state index in [9.17, 15) is 0 Å². The highest BCUT2D eigenvalue weighted by atomic mass is 79.9. The third kappa shape index (κ3) is 2.53. The smallest absolute Gasteiger partial charge is 0.0863 e. The Morgan fingerprint density at radius 2 is 2.31 bits per heavy atom. The molecule has 0 spiro atoms. The minimum atomic E-state index is 0.197. The molecule has 3 nitrogen and oxygen atoms in total. The molecule has 2 heterocycles. The van der Waals surface area contributed by atoms with Gasteiger partial charge in [-0.15, -0.1) is 11.3 Å². The highest BCUT2D eigenvalue weighted by Gasteiger charge is 2.17. The molecule has 0 saturated heterocycles. The Balaban J connectivity index is 2.30. The van der Waals surface area contributed by atoms with Crippen LogP contribution in [-0.2, 0) is 7.05 Å². The van der Waals surface area contributed by atoms with Crippen molar-refractivity contribution in [3.63, 3.8) is 0 Å². The van der Waals surface area contributed by atoms with E-state index in [1.807, 2.05) is 17.9 Å². The van der Waals surface area contributed by atoms with E-state index in [0.29, 0.717) is 0 Å². The molecule has 16 heavy (non-hydrogen) atoms. The largest absolute Gasteiger partial charge is 0.305 e. The minimum absolute atomic E-state index is 0.197. The van der Waals surface area contributed by atoms with Crippen LogP contribution in [-0.4, -0.2) is 16.3 Å². The Labute approximate surface area is 108 Å². The van der Waals surface area contributed by atoms with Gasteiger partial charge in [-0.2, -0.15) is 5.10 Å². The fourth-order valence-electron chi connectivity index (χ4n) is 1.63. The lowest BCUT2D eigenvalue weighted by Crippen LogP contribution is -2.21. The first kappa shape index (κ1) is 11.8. The first-order chi connectivity index (χ1) is 7.70. The predicted octanol–water partition coefficient (Wildman–Crippen LogP) is 2.94. The Kier molecular flexibility index (Phi) is 3.78. The molecule has 1 atom stereocenters. The molecule has 0 aliphatic rings. The summed E-state index contributed by atoms with van der Waals surface area (Å²) in [5.74, 6) is 0. The number of rotatable bonds is 4. The lowest BCUT2D eigenvalue weighted by atomic mass is 10.2. The van der Waals surface area contributed by atoms with E-state index in [-0.39, 0.29) is 6.04 Å². The lowest BCUT2D eigenvalue weighted by Gasteiger charge is -2.13. The third-order valence-corrected chi connectivity index (χ3v) is 4.01. The van der Waals surface area contributed by atoms with Crippen molar-refractivity contribution in [2.75, 3.05) is 6.54 Å². The van der Waals surface area contributed by atoms with Crippen LogP contribution in [0.2, 0.25) is 0 Å². The zero-order chi connectivity index (χ0) is 11.5. The number of halogens is 1. The van der Waals surface area contributed by atoms with Crippen molar-refractivity contribution in [2.45, 2.75) is 13.0 Å². The zero-order valence-electron chi connectivity index (χ0n) is 9.27. The molecular formula is C11H14BrN3S. The zero-order valence-corrected chi connectivity index (χ0v) is 11.7. The van der Waals surface area contributed by atoms with E-state index in [2.05, 4.69) is 51.5 Å². The van der Waals surface area contributed by atoms with Crippen LogP contribution in [0.1, 0.15) is 23.5 Å². The minimum Gasteiger partial charge on any atom is -0.305 e. The number of nitrogens with zero attached hydrogens (tertiary/aromatic N) is 2. The highest BCUT2D eigenvalue weighted by molar-refractivity contribution is 9.11. The van der Waals surface area contributed by atoms with Crippen molar-refractivity contribution in [1.82, 2.24) is 15.1 Å². The number of nitrogens with one attached hydrogen (secondary N) is 1. The summed E-state index contributed by atoms with van der Waals surface area (Å²) in [5.41, 5.74) is 1.07. The van der Waals surface area contributed by atoms with Crippen LogP contribution in [0, 0.1) is 0 Å². The van der Waals surface area contributed by atoms with Crippen LogP contribution in [0.4, 0.5) is 0 Å². The highest BCUT2D eigenvalue weighted by Crippen LogP contribution is 2.30. The van der Waals surface area contributed by atoms with Gasteiger partial charge in [0.1, 0.15) is 0 Å². The summed E-state index contributed by atoms with van der Waals surface area (Å²) in [6.07, 6.45) is 1.97. The molecule has 0 aliphatic heterocycles. The molecule has 1 unspecified atom stereocenters. The van der Waals surface area contributed by atoms with Crippen LogP contribution < -0.4 is 5.32 Å². The van der Waals surface area contributed by atoms with Gasteiger partial charge in [0.25, 0.3) is 0 Å². The molecular weight excluding hydrogens is 286 g/mol. The molecule has 0 bridgehead atoms. The molecule has 0 amide bonds. The molecule has 1 N–H and O–H groups in total. The van der Waals surface area contributed by atoms with Gasteiger partial charge >= 0.3 is 0 Å². The molecule has 5 heteroatoms. The summed E-state index contributed by atoms with van der Waals surface area (Å²) < 4.78 is 2.99. The normalized spacial score (nSPS) is 12.9. The SMILES string of the molecule is CCNC(c1ccn(C)n1)c1ccc(Br)s1. The molecule has 0 aliphatic carbocycles. The number of hydrogen-bond acceptors (Lipinski definition) is 3. The maximum absolute atomic E-state index is 4.46. The Morgan fingerprint density at radius 1 is 1.50 bits per heavy atom. The first-order valence-electron chi connectivity index (χ1n) is 5.19. The lowest BCUT2D eigenvalue weighted by molar-refractivity contribution is 0.607. The number of aryl methyl sites for hydroxylation is 1. The van der Waals surface area contributed by atoms with Gasteiger partial charge in [-0.05, 0) is 40.7 Å². The topological polar surface area (TPSA) is 29.9 Å². The van der Waals surface area contributed by atoms with Gasteiger partial charge in [0.2, 0.25) is 0 Å². The summed E-state index contributed by atoms with van der Waals surface area (Å²) in [7, 11) is 1.94. The van der Waals surface area contributed by atoms with Gasteiger partial charge in [-0.1, -0.05) is 6.92 Å². The van der Waals surface area contributed by atoms with Crippen molar-refractivity contribution in [2.24, 2.45) is 7.05 Å². The summed E-state index contributed by atoms with van der Waals surface area (Å²) in [4.78, 5) is 1.28. The van der Waals surface area contributed by atoms with E-state index >= 15 is 0 Å². The molecule has 0 saturated carbocycles. The Hall–Kier alpha value is -0.650. The summed E-state index contributed by atoms with van der Waals surface area (Å²) in [6.45, 7) is 3.04. The van der Waals surface area contributed by atoms with Crippen LogP contribution in [0.25, 0.3) is 0 Å². The molecule has 86 valence electrons. The van der Waals surface area contributed by atoms with Crippen LogP contribution >= 0.6 is 27.3 Å². The van der Waals surface area contributed by atoms with E-state index < -0.39 is 0 Å². The van der Waals surface area contributed by atoms with Gasteiger partial charge < -0.3 is 5.32 Å². The molecule has 2 aromatic heterocycles. The van der Waals surface area contributed by atoms with E-state index in [4.69, 9.17) is 0 Å². The Morgan fingerprint density at radius 3 is 2.81 bits per heavy atom. The van der Waals surface area contributed by atoms with E-state index in [1.165, 1.54) is 4.88 Å². The fraction of sp³-hybridized carbons (Fsp3) is 0.364. The average molecular weight is 300 g/mol. The molecule has 2 aromatic rings. The predicted molar refractivity (Wildman–Crippen MR) is 70.7 cm³/mol. The van der Waals surface area contributed by atoms with Crippen molar-refractivity contribution in [1.29, 1.82) is 0 Å². The van der Waals surface area contributed by atoms with Crippen molar-refractivity contribution in [3.8, 4) is 0 Å². The first-order valence-corrected chi connectivity index (χ1v) is 6.80. The number of hydrogen-bond donors (Lipinski definition) is 1. The summed E-state index contributed by atoms with van der Waals surface area (Å²) in [5, 5.41) is 7.92. The van der Waals surface area contributed by atoms with Crippen LogP contribution in [0.3, 0.4) is 0 Å². The monoisotopic (exact) mass is 299 g/mol. The second kappa shape index (κ2) is 5.12. The maximum Gasteiger partial charge on any atom is 0.0863 e. The van der Waals surface area contributed by atoms with Gasteiger partial charge in [0.15, 0.2) is 0 Å². The van der Waals surface area contributed by atoms with Crippen molar-refractivity contribution >= 4 is 27.3 Å². The fourth-order valence-corrected chi connectivity index (χ4v) is 3.14. The molecule has 0 aromatic carbocycles. The van der Waals surface area contributed by atoms with Crippen LogP contribution in [0.5, 0.6) is 0 Å². The summed E-state index contributed by atoms with van der Waals surface area (Å²) >= 11 is 5.24. The van der Waals surface area contributed by atoms with Gasteiger partial charge in [-0.3, -0.25) is 4.68 Å². The van der Waals surface area contributed by atoms with Gasteiger partial charge in [0, 0.05) is 18.1 Å². The van der Waals surface area contributed by atoms with E-state index in [1.54, 1.807) is 11.3 Å². The molecule has 0 radical (unpaired) electrons. The second-order valence-corrected chi connectivity index (χ2v) is 6.04. The standard InChI is InChI=1S/C11H14BrN3S/c1-3-13-11(8-6-7-15(2)14-8)9-4-5-10(12)16-9/h4-7,11,13H,3H2,1-2H3.